The highest BCUT2D eigenvalue weighted by atomic mass is 19.1. The number of rotatable bonds is 8. The molecule has 1 amide bonds. The number of aromatic nitrogens is 1. The number of carbonyl (C=O) groups is 1. The van der Waals surface area contributed by atoms with E-state index in [0.717, 1.165) is 25.3 Å². The molecule has 2 aromatic rings. The van der Waals surface area contributed by atoms with Gasteiger partial charge in [0.2, 0.25) is 0 Å². The maximum Gasteiger partial charge on any atom is 0.404 e. The highest BCUT2D eigenvalue weighted by Crippen LogP contribution is 2.34. The van der Waals surface area contributed by atoms with Crippen molar-refractivity contribution >= 4 is 23.4 Å². The van der Waals surface area contributed by atoms with Gasteiger partial charge in [-0.05, 0) is 43.9 Å². The van der Waals surface area contributed by atoms with Crippen molar-refractivity contribution in [3.63, 3.8) is 0 Å². The second kappa shape index (κ2) is 9.31. The van der Waals surface area contributed by atoms with Crippen molar-refractivity contribution in [1.82, 2.24) is 10.3 Å². The quantitative estimate of drug-likeness (QED) is 0.515. The van der Waals surface area contributed by atoms with Crippen LogP contribution in [0.3, 0.4) is 0 Å². The fourth-order valence-corrected chi connectivity index (χ4v) is 3.50. The van der Waals surface area contributed by atoms with Crippen LogP contribution >= 0.6 is 0 Å². The van der Waals surface area contributed by atoms with Crippen LogP contribution < -0.4 is 20.7 Å². The lowest BCUT2D eigenvalue weighted by atomic mass is 9.77. The van der Waals surface area contributed by atoms with E-state index in [-0.39, 0.29) is 29.2 Å². The Morgan fingerprint density at radius 3 is 2.73 bits per heavy atom. The number of carboxylic acid groups (broad SMARTS) is 1. The largest absolute Gasteiger partial charge is 0.497 e. The molecule has 9 heteroatoms. The average Bonchev–Trinajstić information content (AvgIpc) is 2.67. The molecule has 1 aromatic heterocycles. The van der Waals surface area contributed by atoms with E-state index in [1.807, 2.05) is 6.07 Å². The number of nitrogens with one attached hydrogen (secondary N) is 3. The second-order valence-corrected chi connectivity index (χ2v) is 7.28. The molecule has 0 saturated heterocycles. The van der Waals surface area contributed by atoms with Gasteiger partial charge in [-0.3, -0.25) is 0 Å². The van der Waals surface area contributed by atoms with E-state index in [2.05, 4.69) is 20.9 Å². The Morgan fingerprint density at radius 1 is 1.37 bits per heavy atom. The summed E-state index contributed by atoms with van der Waals surface area (Å²) in [5.41, 5.74) is 0.685. The molecule has 0 spiro atoms. The fourth-order valence-electron chi connectivity index (χ4n) is 3.50. The summed E-state index contributed by atoms with van der Waals surface area (Å²) in [7, 11) is 1.55. The number of anilines is 3. The number of ether oxygens (including phenoxy) is 1. The maximum atomic E-state index is 14.7. The zero-order valence-corrected chi connectivity index (χ0v) is 16.8. The Balaban J connectivity index is 1.89. The van der Waals surface area contributed by atoms with Crippen molar-refractivity contribution < 1.29 is 19.0 Å². The van der Waals surface area contributed by atoms with Crippen molar-refractivity contribution in [2.45, 2.75) is 38.3 Å². The lowest BCUT2D eigenvalue weighted by molar-refractivity contribution is 0.180. The molecule has 8 nitrogen and oxygen atoms in total. The van der Waals surface area contributed by atoms with Crippen molar-refractivity contribution in [2.75, 3.05) is 17.7 Å². The summed E-state index contributed by atoms with van der Waals surface area (Å²) in [6.45, 7) is 1.74. The summed E-state index contributed by atoms with van der Waals surface area (Å²) in [6.07, 6.45) is 1.77. The van der Waals surface area contributed by atoms with Gasteiger partial charge in [-0.2, -0.15) is 5.26 Å². The minimum Gasteiger partial charge on any atom is -0.497 e. The Kier molecular flexibility index (Phi) is 6.57. The molecule has 3 rings (SSSR count). The molecular formula is C21H24FN5O3. The Labute approximate surface area is 174 Å². The van der Waals surface area contributed by atoms with Gasteiger partial charge >= 0.3 is 6.09 Å². The van der Waals surface area contributed by atoms with E-state index in [9.17, 15) is 14.4 Å². The average molecular weight is 413 g/mol. The summed E-state index contributed by atoms with van der Waals surface area (Å²) in [5.74, 6) is 0.321. The van der Waals surface area contributed by atoms with E-state index in [1.54, 1.807) is 38.3 Å². The first-order valence-electron chi connectivity index (χ1n) is 9.69. The number of halogens is 1. The third-order valence-corrected chi connectivity index (χ3v) is 5.28. The summed E-state index contributed by atoms with van der Waals surface area (Å²) in [5, 5.41) is 27.0. The zero-order chi connectivity index (χ0) is 21.7. The summed E-state index contributed by atoms with van der Waals surface area (Å²) >= 11 is 0. The number of nitrogens with zero attached hydrogens (tertiary/aromatic N) is 2. The molecule has 1 heterocycles. The molecular weight excluding hydrogens is 389 g/mol. The number of benzene rings is 1. The normalized spacial score (nSPS) is 15.3. The summed E-state index contributed by atoms with van der Waals surface area (Å²) < 4.78 is 19.9. The molecule has 158 valence electrons. The fraction of sp³-hybridized carbons (Fsp3) is 0.381. The number of nitriles is 1. The lowest BCUT2D eigenvalue weighted by Crippen LogP contribution is -2.50. The van der Waals surface area contributed by atoms with E-state index in [4.69, 9.17) is 9.84 Å². The van der Waals surface area contributed by atoms with Crippen LogP contribution in [0, 0.1) is 23.1 Å². The van der Waals surface area contributed by atoms with Gasteiger partial charge in [0.15, 0.2) is 17.5 Å². The predicted octanol–water partition coefficient (Wildman–Crippen LogP) is 4.08. The molecule has 1 fully saturated rings. The molecule has 0 bridgehead atoms. The van der Waals surface area contributed by atoms with Gasteiger partial charge in [0.1, 0.15) is 11.8 Å². The molecule has 30 heavy (non-hydrogen) atoms. The second-order valence-electron chi connectivity index (χ2n) is 7.28. The topological polar surface area (TPSA) is 119 Å². The minimum atomic E-state index is -1.14. The summed E-state index contributed by atoms with van der Waals surface area (Å²) in [6, 6.07) is 9.36. The van der Waals surface area contributed by atoms with Crippen molar-refractivity contribution in [1.29, 1.82) is 5.26 Å². The molecule has 4 N–H and O–H groups in total. The number of amides is 1. The van der Waals surface area contributed by atoms with Crippen LogP contribution in [-0.2, 0) is 0 Å². The van der Waals surface area contributed by atoms with E-state index < -0.39 is 18.0 Å². The molecule has 1 aliphatic carbocycles. The third kappa shape index (κ3) is 4.89. The molecule has 1 saturated carbocycles. The third-order valence-electron chi connectivity index (χ3n) is 5.28. The van der Waals surface area contributed by atoms with Crippen molar-refractivity contribution in [3.8, 4) is 11.8 Å². The Hall–Kier alpha value is -3.54. The Bertz CT molecular complexity index is 958. The SMILES string of the molecule is COc1cccc(Nc2nc(N[C@H](C3CCC3)[C@H](C)NC(=O)O)c(F)cc2C#N)c1. The molecule has 0 radical (unpaired) electrons. The molecule has 1 aliphatic rings. The molecule has 1 aromatic carbocycles. The first-order valence-corrected chi connectivity index (χ1v) is 9.69. The zero-order valence-electron chi connectivity index (χ0n) is 16.8. The van der Waals surface area contributed by atoms with Gasteiger partial charge in [0, 0.05) is 17.8 Å². The number of hydrogen-bond donors (Lipinski definition) is 4. The van der Waals surface area contributed by atoms with Crippen LogP contribution in [0.4, 0.5) is 26.5 Å². The van der Waals surface area contributed by atoms with E-state index in [0.29, 0.717) is 11.4 Å². The van der Waals surface area contributed by atoms with Gasteiger partial charge < -0.3 is 25.8 Å². The van der Waals surface area contributed by atoms with Gasteiger partial charge in [0.25, 0.3) is 0 Å². The van der Waals surface area contributed by atoms with Crippen LogP contribution in [0.15, 0.2) is 30.3 Å². The Morgan fingerprint density at radius 2 is 2.13 bits per heavy atom. The van der Waals surface area contributed by atoms with Crippen molar-refractivity contribution in [2.24, 2.45) is 5.92 Å². The van der Waals surface area contributed by atoms with E-state index in [1.165, 1.54) is 0 Å². The maximum absolute atomic E-state index is 14.7. The molecule has 0 aliphatic heterocycles. The number of pyridine rings is 1. The van der Waals surface area contributed by atoms with Crippen LogP contribution in [0.2, 0.25) is 0 Å². The molecule has 2 atom stereocenters. The number of methoxy groups -OCH3 is 1. The number of hydrogen-bond acceptors (Lipinski definition) is 6. The first kappa shape index (κ1) is 21.2. The van der Waals surface area contributed by atoms with Gasteiger partial charge in [-0.15, -0.1) is 0 Å². The van der Waals surface area contributed by atoms with Crippen LogP contribution in [-0.4, -0.2) is 35.4 Å². The van der Waals surface area contributed by atoms with Crippen LogP contribution in [0.5, 0.6) is 5.75 Å². The van der Waals surface area contributed by atoms with Gasteiger partial charge in [-0.1, -0.05) is 12.5 Å². The summed E-state index contributed by atoms with van der Waals surface area (Å²) in [4.78, 5) is 15.4. The highest BCUT2D eigenvalue weighted by molar-refractivity contribution is 5.67. The monoisotopic (exact) mass is 413 g/mol. The standard InChI is InChI=1S/C21H24FN5O3/c1-12(24-21(28)29)18(13-5-3-6-13)26-20-17(22)9-14(11-23)19(27-20)25-15-7-4-8-16(10-15)30-2/h4,7-10,12-13,18,24H,3,5-6H2,1-2H3,(H,28,29)(H2,25,26,27)/t12-,18-/m0/s1. The van der Waals surface area contributed by atoms with Gasteiger partial charge in [-0.25, -0.2) is 14.2 Å². The lowest BCUT2D eigenvalue weighted by Gasteiger charge is -2.38. The van der Waals surface area contributed by atoms with Crippen molar-refractivity contribution in [3.05, 3.63) is 41.7 Å². The van der Waals surface area contributed by atoms with Crippen LogP contribution in [0.25, 0.3) is 0 Å². The first-order chi connectivity index (χ1) is 14.4. The minimum absolute atomic E-state index is 0.0321. The van der Waals surface area contributed by atoms with Gasteiger partial charge in [0.05, 0.1) is 18.7 Å². The van der Waals surface area contributed by atoms with Crippen LogP contribution in [0.1, 0.15) is 31.7 Å². The highest BCUT2D eigenvalue weighted by Gasteiger charge is 2.33. The smallest absolute Gasteiger partial charge is 0.404 e. The molecule has 0 unspecified atom stereocenters. The predicted molar refractivity (Wildman–Crippen MR) is 111 cm³/mol. The van der Waals surface area contributed by atoms with E-state index >= 15 is 0 Å².